The molecule has 0 unspecified atom stereocenters. The Labute approximate surface area is 91.5 Å². The fraction of sp³-hybridized carbons (Fsp3) is 0.583. The summed E-state index contributed by atoms with van der Waals surface area (Å²) >= 11 is 0. The van der Waals surface area contributed by atoms with E-state index in [4.69, 9.17) is 0 Å². The van der Waals surface area contributed by atoms with Crippen LogP contribution in [0.2, 0.25) is 0 Å². The molecule has 2 rings (SSSR count). The Morgan fingerprint density at radius 3 is 2.80 bits per heavy atom. The van der Waals surface area contributed by atoms with Crippen molar-refractivity contribution in [1.29, 1.82) is 0 Å². The fourth-order valence-electron chi connectivity index (χ4n) is 2.22. The van der Waals surface area contributed by atoms with Crippen molar-refractivity contribution >= 4 is 5.82 Å². The molecule has 0 radical (unpaired) electrons. The molecule has 1 aromatic rings. The van der Waals surface area contributed by atoms with Crippen LogP contribution in [0.3, 0.4) is 0 Å². The maximum Gasteiger partial charge on any atom is 0.130 e. The van der Waals surface area contributed by atoms with Gasteiger partial charge < -0.3 is 10.2 Å². The van der Waals surface area contributed by atoms with Gasteiger partial charge in [0, 0.05) is 26.3 Å². The minimum Gasteiger partial charge on any atom is -0.363 e. The van der Waals surface area contributed by atoms with E-state index in [0.29, 0.717) is 6.04 Å². The zero-order valence-electron chi connectivity index (χ0n) is 9.75. The second kappa shape index (κ2) is 4.19. The van der Waals surface area contributed by atoms with E-state index in [2.05, 4.69) is 28.2 Å². The summed E-state index contributed by atoms with van der Waals surface area (Å²) in [7, 11) is 4.06. The molecular formula is C12H19N3. The number of rotatable bonds is 2. The molecule has 1 atom stereocenters. The molecule has 82 valence electrons. The summed E-state index contributed by atoms with van der Waals surface area (Å²) in [4.78, 5) is 6.56. The summed E-state index contributed by atoms with van der Waals surface area (Å²) in [6.45, 7) is 3.26. The molecule has 0 bridgehead atoms. The first-order valence-corrected chi connectivity index (χ1v) is 5.56. The van der Waals surface area contributed by atoms with Crippen molar-refractivity contribution in [3.63, 3.8) is 0 Å². The first-order valence-electron chi connectivity index (χ1n) is 5.56. The van der Waals surface area contributed by atoms with Gasteiger partial charge in [0.2, 0.25) is 0 Å². The maximum atomic E-state index is 4.51. The van der Waals surface area contributed by atoms with Crippen LogP contribution >= 0.6 is 0 Å². The standard InChI is InChI=1S/C12H19N3/c1-9-7-10(11-5-4-6-13-11)8-14-12(9)15(2)3/h7-8,11,13H,4-6H2,1-3H3/t11-/m0/s1. The molecule has 1 aliphatic heterocycles. The van der Waals surface area contributed by atoms with Crippen molar-refractivity contribution in [3.8, 4) is 0 Å². The van der Waals surface area contributed by atoms with Crippen molar-refractivity contribution in [2.24, 2.45) is 0 Å². The Bertz CT molecular complexity index is 341. The minimum atomic E-state index is 0.521. The summed E-state index contributed by atoms with van der Waals surface area (Å²) in [6, 6.07) is 2.78. The van der Waals surface area contributed by atoms with Crippen LogP contribution in [0.1, 0.15) is 30.0 Å². The molecule has 3 heteroatoms. The highest BCUT2D eigenvalue weighted by molar-refractivity contribution is 5.46. The van der Waals surface area contributed by atoms with Crippen LogP contribution in [0.5, 0.6) is 0 Å². The molecule has 3 nitrogen and oxygen atoms in total. The Morgan fingerprint density at radius 1 is 1.47 bits per heavy atom. The van der Waals surface area contributed by atoms with Crippen LogP contribution in [0.4, 0.5) is 5.82 Å². The van der Waals surface area contributed by atoms with Crippen molar-refractivity contribution in [1.82, 2.24) is 10.3 Å². The lowest BCUT2D eigenvalue weighted by molar-refractivity contribution is 0.644. The van der Waals surface area contributed by atoms with Crippen LogP contribution in [0.25, 0.3) is 0 Å². The van der Waals surface area contributed by atoms with Gasteiger partial charge in [-0.15, -0.1) is 0 Å². The number of hydrogen-bond donors (Lipinski definition) is 1. The molecule has 0 amide bonds. The maximum absolute atomic E-state index is 4.51. The summed E-state index contributed by atoms with van der Waals surface area (Å²) < 4.78 is 0. The van der Waals surface area contributed by atoms with Gasteiger partial charge in [0.1, 0.15) is 5.82 Å². The van der Waals surface area contributed by atoms with Crippen LogP contribution < -0.4 is 10.2 Å². The number of aromatic nitrogens is 1. The molecule has 0 spiro atoms. The van der Waals surface area contributed by atoms with Gasteiger partial charge in [-0.05, 0) is 43.5 Å². The Balaban J connectivity index is 2.24. The lowest BCUT2D eigenvalue weighted by Crippen LogP contribution is -2.16. The summed E-state index contributed by atoms with van der Waals surface area (Å²) in [5, 5.41) is 3.50. The normalized spacial score (nSPS) is 20.6. The zero-order valence-corrected chi connectivity index (χ0v) is 9.75. The molecule has 1 aromatic heterocycles. The molecule has 15 heavy (non-hydrogen) atoms. The van der Waals surface area contributed by atoms with E-state index in [0.717, 1.165) is 12.4 Å². The molecule has 0 aliphatic carbocycles. The predicted octanol–water partition coefficient (Wildman–Crippen LogP) is 1.88. The van der Waals surface area contributed by atoms with E-state index in [1.165, 1.54) is 24.0 Å². The van der Waals surface area contributed by atoms with Gasteiger partial charge in [-0.3, -0.25) is 0 Å². The van der Waals surface area contributed by atoms with Crippen molar-refractivity contribution in [3.05, 3.63) is 23.4 Å². The first-order chi connectivity index (χ1) is 7.18. The molecule has 1 fully saturated rings. The molecule has 1 aliphatic rings. The van der Waals surface area contributed by atoms with Crippen molar-refractivity contribution in [2.75, 3.05) is 25.5 Å². The van der Waals surface area contributed by atoms with E-state index in [-0.39, 0.29) is 0 Å². The number of nitrogens with zero attached hydrogens (tertiary/aromatic N) is 2. The number of anilines is 1. The van der Waals surface area contributed by atoms with Gasteiger partial charge in [0.15, 0.2) is 0 Å². The predicted molar refractivity (Wildman–Crippen MR) is 63.3 cm³/mol. The number of pyridine rings is 1. The molecular weight excluding hydrogens is 186 g/mol. The van der Waals surface area contributed by atoms with Crippen molar-refractivity contribution < 1.29 is 0 Å². The second-order valence-corrected chi connectivity index (χ2v) is 4.45. The number of hydrogen-bond acceptors (Lipinski definition) is 3. The molecule has 1 saturated heterocycles. The lowest BCUT2D eigenvalue weighted by atomic mass is 10.1. The van der Waals surface area contributed by atoms with E-state index in [1.807, 2.05) is 20.3 Å². The van der Waals surface area contributed by atoms with Crippen molar-refractivity contribution in [2.45, 2.75) is 25.8 Å². The lowest BCUT2D eigenvalue weighted by Gasteiger charge is -2.17. The van der Waals surface area contributed by atoms with Gasteiger partial charge in [-0.2, -0.15) is 0 Å². The summed E-state index contributed by atoms with van der Waals surface area (Å²) in [6.07, 6.45) is 4.52. The van der Waals surface area contributed by atoms with Gasteiger partial charge in [-0.1, -0.05) is 0 Å². The first kappa shape index (κ1) is 10.4. The molecule has 0 saturated carbocycles. The highest BCUT2D eigenvalue weighted by atomic mass is 15.1. The highest BCUT2D eigenvalue weighted by Gasteiger charge is 2.17. The quantitative estimate of drug-likeness (QED) is 0.799. The van der Waals surface area contributed by atoms with Crippen LogP contribution in [-0.2, 0) is 0 Å². The van der Waals surface area contributed by atoms with Crippen LogP contribution in [0.15, 0.2) is 12.3 Å². The monoisotopic (exact) mass is 205 g/mol. The minimum absolute atomic E-state index is 0.521. The Kier molecular flexibility index (Phi) is 2.91. The third kappa shape index (κ3) is 2.12. The summed E-state index contributed by atoms with van der Waals surface area (Å²) in [5.41, 5.74) is 2.59. The smallest absolute Gasteiger partial charge is 0.130 e. The fourth-order valence-corrected chi connectivity index (χ4v) is 2.22. The van der Waals surface area contributed by atoms with Crippen LogP contribution in [0, 0.1) is 6.92 Å². The Morgan fingerprint density at radius 2 is 2.27 bits per heavy atom. The third-order valence-corrected chi connectivity index (χ3v) is 2.96. The van der Waals surface area contributed by atoms with Gasteiger partial charge in [0.25, 0.3) is 0 Å². The van der Waals surface area contributed by atoms with E-state index in [9.17, 15) is 0 Å². The summed E-state index contributed by atoms with van der Waals surface area (Å²) in [5.74, 6) is 1.07. The number of aryl methyl sites for hydroxylation is 1. The molecule has 0 aromatic carbocycles. The zero-order chi connectivity index (χ0) is 10.8. The topological polar surface area (TPSA) is 28.2 Å². The average Bonchev–Trinajstić information content (AvgIpc) is 2.69. The molecule has 2 heterocycles. The van der Waals surface area contributed by atoms with Gasteiger partial charge in [0.05, 0.1) is 0 Å². The molecule has 1 N–H and O–H groups in total. The van der Waals surface area contributed by atoms with E-state index < -0.39 is 0 Å². The SMILES string of the molecule is Cc1cc([C@@H]2CCCN2)cnc1N(C)C. The van der Waals surface area contributed by atoms with E-state index in [1.54, 1.807) is 0 Å². The van der Waals surface area contributed by atoms with E-state index >= 15 is 0 Å². The second-order valence-electron chi connectivity index (χ2n) is 4.45. The van der Waals surface area contributed by atoms with Gasteiger partial charge in [-0.25, -0.2) is 4.98 Å². The number of nitrogens with one attached hydrogen (secondary N) is 1. The largest absolute Gasteiger partial charge is 0.363 e. The average molecular weight is 205 g/mol. The highest BCUT2D eigenvalue weighted by Crippen LogP contribution is 2.25. The van der Waals surface area contributed by atoms with Gasteiger partial charge >= 0.3 is 0 Å². The third-order valence-electron chi connectivity index (χ3n) is 2.96. The van der Waals surface area contributed by atoms with Crippen LogP contribution in [-0.4, -0.2) is 25.6 Å². The Hall–Kier alpha value is -1.09.